The summed E-state index contributed by atoms with van der Waals surface area (Å²) in [7, 11) is 0. The van der Waals surface area contributed by atoms with Gasteiger partial charge >= 0.3 is 18.0 Å². The molecule has 0 aromatic heterocycles. The molecular formula is C24H26F2N2O5. The number of alkyl halides is 2. The number of hydrogen-bond donors (Lipinski definition) is 3. The summed E-state index contributed by atoms with van der Waals surface area (Å²) in [5, 5.41) is 13.0. The van der Waals surface area contributed by atoms with Crippen LogP contribution in [0.2, 0.25) is 0 Å². The molecule has 0 spiro atoms. The van der Waals surface area contributed by atoms with Gasteiger partial charge < -0.3 is 20.5 Å². The number of halogens is 2. The van der Waals surface area contributed by atoms with Crippen LogP contribution in [0, 0.1) is 0 Å². The highest BCUT2D eigenvalue weighted by Gasteiger charge is 2.39. The average Bonchev–Trinajstić information content (AvgIpc) is 3.12. The summed E-state index contributed by atoms with van der Waals surface area (Å²) in [5.41, 5.74) is 4.42. The summed E-state index contributed by atoms with van der Waals surface area (Å²) in [6, 6.07) is 15.5. The lowest BCUT2D eigenvalue weighted by molar-refractivity contribution is -0.164. The van der Waals surface area contributed by atoms with E-state index in [1.54, 1.807) is 0 Å². The minimum atomic E-state index is -4.03. The Hall–Kier alpha value is -3.49. The monoisotopic (exact) mass is 460 g/mol. The van der Waals surface area contributed by atoms with Gasteiger partial charge in [0.05, 0.1) is 6.54 Å². The summed E-state index contributed by atoms with van der Waals surface area (Å²) in [5.74, 6) is -7.13. The molecule has 0 fully saturated rings. The number of rotatable bonds is 10. The molecule has 1 atom stereocenters. The first-order chi connectivity index (χ1) is 15.7. The van der Waals surface area contributed by atoms with Crippen molar-refractivity contribution >= 4 is 18.0 Å². The molecule has 9 heteroatoms. The van der Waals surface area contributed by atoms with Crippen molar-refractivity contribution < 1.29 is 33.0 Å². The lowest BCUT2D eigenvalue weighted by Crippen LogP contribution is -2.42. The van der Waals surface area contributed by atoms with Gasteiger partial charge in [0.25, 0.3) is 0 Å². The fourth-order valence-corrected chi connectivity index (χ4v) is 3.86. The van der Waals surface area contributed by atoms with Crippen LogP contribution in [0.1, 0.15) is 43.2 Å². The third-order valence-corrected chi connectivity index (χ3v) is 5.70. The van der Waals surface area contributed by atoms with Crippen LogP contribution in [0.25, 0.3) is 11.1 Å². The Morgan fingerprint density at radius 1 is 1.06 bits per heavy atom. The standard InChI is InChI=1S/C24H26F2N2O5/c1-2-15(11-12-21(29)27-14-24(25,26)22(30)31)28-23(32)33-13-20-18-9-5-3-7-16(18)17-8-4-6-10-19(17)20/h3-10,15,20H,2,11-14H2,1H3,(H,27,29)(H,28,32)(H,30,31). The van der Waals surface area contributed by atoms with Crippen LogP contribution in [0.5, 0.6) is 0 Å². The molecule has 3 N–H and O–H groups in total. The van der Waals surface area contributed by atoms with Gasteiger partial charge in [0.1, 0.15) is 6.61 Å². The molecule has 0 heterocycles. The van der Waals surface area contributed by atoms with E-state index in [9.17, 15) is 23.2 Å². The van der Waals surface area contributed by atoms with Gasteiger partial charge in [-0.2, -0.15) is 8.78 Å². The Morgan fingerprint density at radius 2 is 1.64 bits per heavy atom. The van der Waals surface area contributed by atoms with Gasteiger partial charge in [0.15, 0.2) is 0 Å². The molecule has 33 heavy (non-hydrogen) atoms. The molecule has 1 aliphatic carbocycles. The van der Waals surface area contributed by atoms with Crippen LogP contribution in [0.4, 0.5) is 13.6 Å². The van der Waals surface area contributed by atoms with E-state index < -0.39 is 36.5 Å². The van der Waals surface area contributed by atoms with Crippen molar-refractivity contribution in [1.82, 2.24) is 10.6 Å². The molecule has 2 amide bonds. The molecule has 2 aromatic carbocycles. The first-order valence-electron chi connectivity index (χ1n) is 10.7. The molecule has 0 radical (unpaired) electrons. The predicted molar refractivity (Wildman–Crippen MR) is 117 cm³/mol. The van der Waals surface area contributed by atoms with Crippen molar-refractivity contribution in [2.45, 2.75) is 44.1 Å². The summed E-state index contributed by atoms with van der Waals surface area (Å²) < 4.78 is 31.6. The van der Waals surface area contributed by atoms with E-state index in [1.807, 2.05) is 60.8 Å². The van der Waals surface area contributed by atoms with Crippen molar-refractivity contribution in [3.05, 3.63) is 59.7 Å². The maximum Gasteiger partial charge on any atom is 0.407 e. The zero-order chi connectivity index (χ0) is 24.0. The Morgan fingerprint density at radius 3 is 2.18 bits per heavy atom. The molecule has 2 aromatic rings. The second-order valence-electron chi connectivity index (χ2n) is 7.90. The molecule has 0 saturated heterocycles. The highest BCUT2D eigenvalue weighted by Crippen LogP contribution is 2.44. The second-order valence-corrected chi connectivity index (χ2v) is 7.90. The van der Waals surface area contributed by atoms with Gasteiger partial charge in [-0.05, 0) is 35.1 Å². The first-order valence-corrected chi connectivity index (χ1v) is 10.7. The van der Waals surface area contributed by atoms with E-state index in [0.717, 1.165) is 22.3 Å². The zero-order valence-corrected chi connectivity index (χ0v) is 18.1. The van der Waals surface area contributed by atoms with Crippen molar-refractivity contribution in [1.29, 1.82) is 0 Å². The minimum Gasteiger partial charge on any atom is -0.477 e. The lowest BCUT2D eigenvalue weighted by atomic mass is 9.98. The molecule has 3 rings (SSSR count). The van der Waals surface area contributed by atoms with Gasteiger partial charge in [-0.1, -0.05) is 55.5 Å². The van der Waals surface area contributed by atoms with Crippen LogP contribution in [0.15, 0.2) is 48.5 Å². The number of benzene rings is 2. The Kier molecular flexibility index (Phi) is 7.63. The third kappa shape index (κ3) is 5.85. The van der Waals surface area contributed by atoms with E-state index >= 15 is 0 Å². The number of carboxylic acid groups (broad SMARTS) is 1. The second kappa shape index (κ2) is 10.4. The number of fused-ring (bicyclic) bond motifs is 3. The van der Waals surface area contributed by atoms with Crippen LogP contribution in [0.3, 0.4) is 0 Å². The molecular weight excluding hydrogens is 434 g/mol. The molecule has 1 unspecified atom stereocenters. The Labute approximate surface area is 190 Å². The number of hydrogen-bond acceptors (Lipinski definition) is 4. The van der Waals surface area contributed by atoms with Gasteiger partial charge in [-0.15, -0.1) is 0 Å². The molecule has 0 bridgehead atoms. The Balaban J connectivity index is 1.49. The first kappa shape index (κ1) is 24.2. The van der Waals surface area contributed by atoms with E-state index in [0.29, 0.717) is 6.42 Å². The topological polar surface area (TPSA) is 105 Å². The number of alkyl carbamates (subject to hydrolysis) is 1. The number of nitrogens with one attached hydrogen (secondary N) is 2. The van der Waals surface area contributed by atoms with Crippen molar-refractivity contribution in [3.8, 4) is 11.1 Å². The number of carboxylic acids is 1. The van der Waals surface area contributed by atoms with E-state index in [-0.39, 0.29) is 25.4 Å². The smallest absolute Gasteiger partial charge is 0.407 e. The number of aliphatic carboxylic acids is 1. The van der Waals surface area contributed by atoms with Crippen LogP contribution < -0.4 is 10.6 Å². The number of ether oxygens (including phenoxy) is 1. The van der Waals surface area contributed by atoms with E-state index in [4.69, 9.17) is 9.84 Å². The van der Waals surface area contributed by atoms with E-state index in [2.05, 4.69) is 5.32 Å². The lowest BCUT2D eigenvalue weighted by Gasteiger charge is -2.19. The molecule has 7 nitrogen and oxygen atoms in total. The number of amides is 2. The normalized spacial score (nSPS) is 13.5. The quantitative estimate of drug-likeness (QED) is 0.499. The minimum absolute atomic E-state index is 0.0788. The predicted octanol–water partition coefficient (Wildman–Crippen LogP) is 3.92. The third-order valence-electron chi connectivity index (χ3n) is 5.70. The molecule has 176 valence electrons. The van der Waals surface area contributed by atoms with Crippen LogP contribution in [-0.2, 0) is 14.3 Å². The highest BCUT2D eigenvalue weighted by molar-refractivity contribution is 5.80. The highest BCUT2D eigenvalue weighted by atomic mass is 19.3. The molecule has 0 saturated carbocycles. The zero-order valence-electron chi connectivity index (χ0n) is 18.1. The maximum absolute atomic E-state index is 13.1. The number of carbonyl (C=O) groups excluding carboxylic acids is 2. The fraction of sp³-hybridized carbons (Fsp3) is 0.375. The van der Waals surface area contributed by atoms with Crippen molar-refractivity contribution in [3.63, 3.8) is 0 Å². The van der Waals surface area contributed by atoms with Gasteiger partial charge in [-0.25, -0.2) is 9.59 Å². The summed E-state index contributed by atoms with van der Waals surface area (Å²) >= 11 is 0. The maximum atomic E-state index is 13.1. The molecule has 0 aliphatic heterocycles. The van der Waals surface area contributed by atoms with Crippen LogP contribution in [-0.4, -0.2) is 48.2 Å². The Bertz CT molecular complexity index is 982. The summed E-state index contributed by atoms with van der Waals surface area (Å²) in [6.45, 7) is 0.684. The van der Waals surface area contributed by atoms with Gasteiger partial charge in [-0.3, -0.25) is 4.79 Å². The van der Waals surface area contributed by atoms with Gasteiger partial charge in [0.2, 0.25) is 5.91 Å². The van der Waals surface area contributed by atoms with E-state index in [1.165, 1.54) is 0 Å². The molecule has 1 aliphatic rings. The largest absolute Gasteiger partial charge is 0.477 e. The average molecular weight is 460 g/mol. The number of carbonyl (C=O) groups is 3. The summed E-state index contributed by atoms with van der Waals surface area (Å²) in [4.78, 5) is 34.5. The van der Waals surface area contributed by atoms with Gasteiger partial charge in [0, 0.05) is 18.4 Å². The fourth-order valence-electron chi connectivity index (χ4n) is 3.86. The van der Waals surface area contributed by atoms with Crippen LogP contribution >= 0.6 is 0 Å². The summed E-state index contributed by atoms with van der Waals surface area (Å²) in [6.07, 6.45) is -0.0623. The SMILES string of the molecule is CCC(CCC(=O)NCC(F)(F)C(=O)O)NC(=O)OCC1c2ccccc2-c2ccccc21. The van der Waals surface area contributed by atoms with Crippen molar-refractivity contribution in [2.75, 3.05) is 13.2 Å². The van der Waals surface area contributed by atoms with Crippen molar-refractivity contribution in [2.24, 2.45) is 0 Å².